The molecular weight excluding hydrogens is 468 g/mol. The molecule has 0 aliphatic heterocycles. The van der Waals surface area contributed by atoms with Crippen LogP contribution in [0.15, 0.2) is 45.6 Å². The van der Waals surface area contributed by atoms with Gasteiger partial charge < -0.3 is 19.1 Å². The lowest BCUT2D eigenvalue weighted by molar-refractivity contribution is -0.384. The van der Waals surface area contributed by atoms with E-state index < -0.39 is 34.4 Å². The second kappa shape index (κ2) is 8.46. The molecule has 35 heavy (non-hydrogen) atoms. The summed E-state index contributed by atoms with van der Waals surface area (Å²) in [5.74, 6) is -2.09. The van der Waals surface area contributed by atoms with Gasteiger partial charge in [-0.1, -0.05) is 12.8 Å². The molecule has 4 aromatic rings. The smallest absolute Gasteiger partial charge is 0.387 e. The van der Waals surface area contributed by atoms with Crippen molar-refractivity contribution in [1.29, 1.82) is 0 Å². The number of hydrogen-bond donors (Lipinski definition) is 0. The molecule has 10 nitrogen and oxygen atoms in total. The number of fused-ring (bicyclic) bond motifs is 3. The number of carbonyl (C=O) groups excluding carboxylic acids is 1. The maximum absolute atomic E-state index is 13.4. The number of nitrogens with zero attached hydrogens (tertiary/aromatic N) is 3. The molecule has 1 aliphatic carbocycles. The lowest BCUT2D eigenvalue weighted by Gasteiger charge is -2.14. The lowest BCUT2D eigenvalue weighted by Crippen LogP contribution is -2.26. The number of nitro groups is 1. The fourth-order valence-corrected chi connectivity index (χ4v) is 4.56. The Hall–Kier alpha value is -4.35. The third-order valence-corrected chi connectivity index (χ3v) is 6.11. The van der Waals surface area contributed by atoms with E-state index in [1.807, 2.05) is 0 Å². The van der Waals surface area contributed by atoms with Crippen molar-refractivity contribution in [3.05, 3.63) is 62.4 Å². The molecule has 2 heterocycles. The number of rotatable bonds is 6. The summed E-state index contributed by atoms with van der Waals surface area (Å²) in [4.78, 5) is 35.8. The second-order valence-electron chi connectivity index (χ2n) is 8.13. The highest BCUT2D eigenvalue weighted by Crippen LogP contribution is 2.41. The van der Waals surface area contributed by atoms with Crippen LogP contribution in [0.5, 0.6) is 5.75 Å². The lowest BCUT2D eigenvalue weighted by atomic mass is 10.0. The zero-order chi connectivity index (χ0) is 24.9. The van der Waals surface area contributed by atoms with E-state index in [0.29, 0.717) is 18.4 Å². The number of furan rings is 1. The number of hydrogen-bond acceptors (Lipinski definition) is 8. The molecule has 1 aliphatic rings. The zero-order valence-electron chi connectivity index (χ0n) is 17.9. The van der Waals surface area contributed by atoms with Crippen molar-refractivity contribution in [2.75, 3.05) is 0 Å². The molecule has 12 heteroatoms. The van der Waals surface area contributed by atoms with Crippen LogP contribution in [0.4, 0.5) is 14.5 Å². The van der Waals surface area contributed by atoms with Crippen molar-refractivity contribution in [3.63, 3.8) is 0 Å². The Bertz CT molecular complexity index is 1540. The number of nitro benzene ring substituents is 1. The number of carboxylic acid groups (broad SMARTS) is 1. The summed E-state index contributed by atoms with van der Waals surface area (Å²) in [5, 5.41) is 27.3. The quantitative estimate of drug-likeness (QED) is 0.297. The Morgan fingerprint density at radius 3 is 2.40 bits per heavy atom. The minimum absolute atomic E-state index is 0.0352. The third kappa shape index (κ3) is 3.76. The van der Waals surface area contributed by atoms with Crippen LogP contribution >= 0.6 is 0 Å². The van der Waals surface area contributed by atoms with Crippen molar-refractivity contribution >= 4 is 33.6 Å². The van der Waals surface area contributed by atoms with Crippen LogP contribution < -0.4 is 15.4 Å². The predicted molar refractivity (Wildman–Crippen MR) is 116 cm³/mol. The minimum Gasteiger partial charge on any atom is -0.545 e. The largest absolute Gasteiger partial charge is 0.545 e. The van der Waals surface area contributed by atoms with E-state index in [2.05, 4.69) is 9.84 Å². The molecule has 0 amide bonds. The summed E-state index contributed by atoms with van der Waals surface area (Å²) in [7, 11) is 0. The summed E-state index contributed by atoms with van der Waals surface area (Å²) in [6.45, 7) is -3.23. The highest BCUT2D eigenvalue weighted by Gasteiger charge is 2.28. The van der Waals surface area contributed by atoms with Crippen LogP contribution in [0.2, 0.25) is 0 Å². The van der Waals surface area contributed by atoms with E-state index in [1.54, 1.807) is 0 Å². The number of halogens is 2. The summed E-state index contributed by atoms with van der Waals surface area (Å²) < 4.78 is 37.5. The molecule has 0 radical (unpaired) electrons. The van der Waals surface area contributed by atoms with Crippen molar-refractivity contribution < 1.29 is 32.8 Å². The fourth-order valence-electron chi connectivity index (χ4n) is 4.56. The maximum Gasteiger partial charge on any atom is 0.387 e. The van der Waals surface area contributed by atoms with E-state index in [1.165, 1.54) is 28.9 Å². The van der Waals surface area contributed by atoms with E-state index in [4.69, 9.17) is 4.42 Å². The Kier molecular flexibility index (Phi) is 5.42. The van der Waals surface area contributed by atoms with Gasteiger partial charge in [-0.3, -0.25) is 14.9 Å². The number of ether oxygens (including phenoxy) is 1. The number of carbonyl (C=O) groups is 1. The third-order valence-electron chi connectivity index (χ3n) is 6.11. The Labute approximate surface area is 194 Å². The van der Waals surface area contributed by atoms with Crippen molar-refractivity contribution in [2.24, 2.45) is 0 Å². The monoisotopic (exact) mass is 484 g/mol. The summed E-state index contributed by atoms with van der Waals surface area (Å²) in [5.41, 5.74) is -1.47. The molecule has 2 aromatic carbocycles. The number of aromatic nitrogens is 2. The molecule has 0 N–H and O–H groups in total. The molecule has 5 rings (SSSR count). The van der Waals surface area contributed by atoms with Crippen molar-refractivity contribution in [2.45, 2.75) is 38.3 Å². The topological polar surface area (TPSA) is 141 Å². The molecule has 0 saturated heterocycles. The van der Waals surface area contributed by atoms with Crippen LogP contribution in [0.1, 0.15) is 42.1 Å². The van der Waals surface area contributed by atoms with E-state index in [9.17, 15) is 33.6 Å². The van der Waals surface area contributed by atoms with Gasteiger partial charge in [0.25, 0.3) is 5.69 Å². The number of benzene rings is 2. The van der Waals surface area contributed by atoms with Gasteiger partial charge in [-0.2, -0.15) is 13.9 Å². The van der Waals surface area contributed by atoms with E-state index in [0.717, 1.165) is 25.0 Å². The standard InChI is InChI=1S/C23H17F2N3O7/c24-23(25)34-15-10-9-14(22(30)31)16-17-18(11-5-7-13(8-6-11)28(32)33)26-27(12-3-1-2-4-12)21(29)20(17)35-19(15)16/h5-10,12,23H,1-4H2,(H,30,31)/p-1. The summed E-state index contributed by atoms with van der Waals surface area (Å²) in [6, 6.07) is 7.06. The number of aromatic carboxylic acids is 1. The van der Waals surface area contributed by atoms with E-state index in [-0.39, 0.29) is 39.4 Å². The SMILES string of the molecule is O=C([O-])c1ccc(OC(F)F)c2oc3c(=O)n(C4CCCC4)nc(-c4ccc([N+](=O)[O-])cc4)c3c12. The first kappa shape index (κ1) is 22.4. The van der Waals surface area contributed by atoms with E-state index >= 15 is 0 Å². The second-order valence-corrected chi connectivity index (χ2v) is 8.13. The first-order chi connectivity index (χ1) is 16.8. The first-order valence-corrected chi connectivity index (χ1v) is 10.7. The molecule has 2 aromatic heterocycles. The molecule has 1 fully saturated rings. The van der Waals surface area contributed by atoms with Crippen LogP contribution in [0, 0.1) is 10.1 Å². The average Bonchev–Trinajstić information content (AvgIpc) is 3.48. The van der Waals surface area contributed by atoms with Gasteiger partial charge in [0.1, 0.15) is 5.69 Å². The Morgan fingerprint density at radius 1 is 1.11 bits per heavy atom. The van der Waals surface area contributed by atoms with Crippen molar-refractivity contribution in [1.82, 2.24) is 9.78 Å². The average molecular weight is 484 g/mol. The predicted octanol–water partition coefficient (Wildman–Crippen LogP) is 3.80. The Morgan fingerprint density at radius 2 is 1.80 bits per heavy atom. The van der Waals surface area contributed by atoms with Gasteiger partial charge in [0.2, 0.25) is 5.58 Å². The minimum atomic E-state index is -3.23. The maximum atomic E-state index is 13.4. The fraction of sp³-hybridized carbons (Fsp3) is 0.261. The van der Waals surface area contributed by atoms with Crippen LogP contribution in [-0.2, 0) is 0 Å². The van der Waals surface area contributed by atoms with Gasteiger partial charge in [0.15, 0.2) is 11.3 Å². The van der Waals surface area contributed by atoms with Gasteiger partial charge >= 0.3 is 12.2 Å². The molecule has 0 atom stereocenters. The van der Waals surface area contributed by atoms with Gasteiger partial charge in [-0.25, -0.2) is 4.68 Å². The van der Waals surface area contributed by atoms with Gasteiger partial charge in [0, 0.05) is 28.6 Å². The molecular formula is C23H16F2N3O7-. The molecule has 0 unspecified atom stereocenters. The first-order valence-electron chi connectivity index (χ1n) is 10.7. The van der Waals surface area contributed by atoms with Crippen LogP contribution in [0.3, 0.4) is 0 Å². The number of non-ortho nitro benzene ring substituents is 1. The summed E-state index contributed by atoms with van der Waals surface area (Å²) >= 11 is 0. The molecule has 1 saturated carbocycles. The van der Waals surface area contributed by atoms with Crippen LogP contribution in [0.25, 0.3) is 33.2 Å². The molecule has 180 valence electrons. The summed E-state index contributed by atoms with van der Waals surface area (Å²) in [6.07, 6.45) is 3.13. The highest BCUT2D eigenvalue weighted by atomic mass is 19.3. The van der Waals surface area contributed by atoms with Crippen molar-refractivity contribution in [3.8, 4) is 17.0 Å². The van der Waals surface area contributed by atoms with Gasteiger partial charge in [-0.15, -0.1) is 0 Å². The molecule has 0 spiro atoms. The zero-order valence-corrected chi connectivity index (χ0v) is 17.9. The van der Waals surface area contributed by atoms with Gasteiger partial charge in [-0.05, 0) is 37.1 Å². The highest BCUT2D eigenvalue weighted by molar-refractivity contribution is 6.19. The number of alkyl halides is 2. The molecule has 0 bridgehead atoms. The van der Waals surface area contributed by atoms with Gasteiger partial charge in [0.05, 0.1) is 22.3 Å². The number of carboxylic acids is 1. The Balaban J connectivity index is 1.91. The normalized spacial score (nSPS) is 14.3. The van der Waals surface area contributed by atoms with Crippen LogP contribution in [-0.4, -0.2) is 27.3 Å².